The number of carboxylic acid groups (broad SMARTS) is 1. The Morgan fingerprint density at radius 1 is 1.80 bits per heavy atom. The monoisotopic (exact) mass is 145 g/mol. The third-order valence-corrected chi connectivity index (χ3v) is 1.42. The van der Waals surface area contributed by atoms with Crippen LogP contribution in [0.15, 0.2) is 0 Å². The van der Waals surface area contributed by atoms with E-state index in [-0.39, 0.29) is 6.10 Å². The summed E-state index contributed by atoms with van der Waals surface area (Å²) >= 11 is 0. The van der Waals surface area contributed by atoms with E-state index in [4.69, 9.17) is 9.76 Å². The van der Waals surface area contributed by atoms with Crippen molar-refractivity contribution in [3.05, 3.63) is 0 Å². The first kappa shape index (κ1) is 9.45. The molecule has 0 aliphatic carbocycles. The minimum absolute atomic E-state index is 0.303. The first-order valence-corrected chi connectivity index (χ1v) is 3.06. The lowest BCUT2D eigenvalue weighted by atomic mass is 10.2. The number of aliphatic carboxylic acids is 1. The number of likely N-dealkylation sites (N-methyl/N-ethyl adjacent to an activating group) is 1. The van der Waals surface area contributed by atoms with E-state index in [2.05, 4.69) is 5.32 Å². The van der Waals surface area contributed by atoms with Crippen LogP contribution < -0.4 is 5.32 Å². The summed E-state index contributed by atoms with van der Waals surface area (Å²) in [6.07, 6.45) is -0.303. The van der Waals surface area contributed by atoms with Gasteiger partial charge in [0, 0.05) is 0 Å². The van der Waals surface area contributed by atoms with E-state index in [1.54, 1.807) is 14.0 Å². The highest BCUT2D eigenvalue weighted by molar-refractivity contribution is 5.98. The van der Waals surface area contributed by atoms with Gasteiger partial charge in [0.2, 0.25) is 0 Å². The lowest BCUT2D eigenvalue weighted by Gasteiger charge is -2.17. The average Bonchev–Trinajstić information content (AvgIpc) is 1.88. The van der Waals surface area contributed by atoms with Crippen LogP contribution in [0.2, 0.25) is 0 Å². The van der Waals surface area contributed by atoms with Crippen molar-refractivity contribution in [2.75, 3.05) is 7.05 Å². The Morgan fingerprint density at radius 2 is 2.30 bits per heavy atom. The van der Waals surface area contributed by atoms with Crippen LogP contribution in [0.1, 0.15) is 6.92 Å². The van der Waals surface area contributed by atoms with Crippen molar-refractivity contribution >= 4 is 14.0 Å². The summed E-state index contributed by atoms with van der Waals surface area (Å²) in [6, 6.07) is -0.620. The smallest absolute Gasteiger partial charge is 0.323 e. The predicted octanol–water partition coefficient (Wildman–Crippen LogP) is -1.39. The van der Waals surface area contributed by atoms with Crippen LogP contribution in [0.5, 0.6) is 0 Å². The van der Waals surface area contributed by atoms with E-state index < -0.39 is 12.0 Å². The summed E-state index contributed by atoms with van der Waals surface area (Å²) in [5, 5.41) is 11.2. The SMILES string of the molecule is BOC(C)[C@H](NC)C(=O)O. The quantitative estimate of drug-likeness (QED) is 0.478. The molecule has 58 valence electrons. The normalized spacial score (nSPS) is 16.2. The molecule has 1 unspecified atom stereocenters. The summed E-state index contributed by atoms with van der Waals surface area (Å²) in [4.78, 5) is 10.4. The molecule has 2 atom stereocenters. The minimum Gasteiger partial charge on any atom is -0.480 e. The van der Waals surface area contributed by atoms with Crippen LogP contribution in [0.3, 0.4) is 0 Å². The van der Waals surface area contributed by atoms with Crippen LogP contribution in [-0.2, 0) is 9.45 Å². The Morgan fingerprint density at radius 3 is 2.40 bits per heavy atom. The largest absolute Gasteiger partial charge is 0.480 e. The third-order valence-electron chi connectivity index (χ3n) is 1.42. The van der Waals surface area contributed by atoms with E-state index in [9.17, 15) is 4.79 Å². The van der Waals surface area contributed by atoms with E-state index in [0.29, 0.717) is 0 Å². The summed E-state index contributed by atoms with van der Waals surface area (Å²) in [7, 11) is 3.08. The van der Waals surface area contributed by atoms with Crippen molar-refractivity contribution < 1.29 is 14.6 Å². The number of carbonyl (C=O) groups is 1. The summed E-state index contributed by atoms with van der Waals surface area (Å²) in [5.74, 6) is -0.892. The van der Waals surface area contributed by atoms with Crippen molar-refractivity contribution in [2.45, 2.75) is 19.1 Å². The molecule has 5 heteroatoms. The van der Waals surface area contributed by atoms with Crippen LogP contribution in [0.25, 0.3) is 0 Å². The molecule has 0 saturated carbocycles. The predicted molar refractivity (Wildman–Crippen MR) is 39.6 cm³/mol. The Labute approximate surface area is 61.0 Å². The molecule has 4 nitrogen and oxygen atoms in total. The molecule has 0 radical (unpaired) electrons. The highest BCUT2D eigenvalue weighted by Crippen LogP contribution is 1.95. The van der Waals surface area contributed by atoms with Gasteiger partial charge in [-0.05, 0) is 14.0 Å². The van der Waals surface area contributed by atoms with Crippen molar-refractivity contribution in [3.63, 3.8) is 0 Å². The van der Waals surface area contributed by atoms with Crippen molar-refractivity contribution in [1.29, 1.82) is 0 Å². The maximum atomic E-state index is 10.4. The van der Waals surface area contributed by atoms with E-state index in [0.717, 1.165) is 0 Å². The molecule has 0 saturated heterocycles. The van der Waals surface area contributed by atoms with Gasteiger partial charge in [-0.3, -0.25) is 4.79 Å². The third kappa shape index (κ3) is 2.37. The van der Waals surface area contributed by atoms with Crippen LogP contribution in [0.4, 0.5) is 0 Å². The van der Waals surface area contributed by atoms with Gasteiger partial charge < -0.3 is 15.1 Å². The molecule has 0 spiro atoms. The summed E-state index contributed by atoms with van der Waals surface area (Å²) in [5.41, 5.74) is 0. The van der Waals surface area contributed by atoms with Gasteiger partial charge in [-0.15, -0.1) is 0 Å². The van der Waals surface area contributed by atoms with Gasteiger partial charge in [-0.25, -0.2) is 0 Å². The average molecular weight is 145 g/mol. The van der Waals surface area contributed by atoms with Gasteiger partial charge >= 0.3 is 5.97 Å². The number of hydrogen-bond acceptors (Lipinski definition) is 3. The van der Waals surface area contributed by atoms with Crippen LogP contribution in [-0.4, -0.2) is 38.3 Å². The molecule has 0 heterocycles. The molecular formula is C5H12BNO3. The second-order valence-corrected chi connectivity index (χ2v) is 2.05. The Hall–Kier alpha value is -0.545. The Kier molecular flexibility index (Phi) is 4.06. The number of carboxylic acids is 1. The van der Waals surface area contributed by atoms with Gasteiger partial charge in [0.1, 0.15) is 6.04 Å². The van der Waals surface area contributed by atoms with Crippen LogP contribution >= 0.6 is 0 Å². The molecular weight excluding hydrogens is 133 g/mol. The summed E-state index contributed by atoms with van der Waals surface area (Å²) < 4.78 is 4.82. The van der Waals surface area contributed by atoms with E-state index in [1.165, 1.54) is 8.05 Å². The maximum absolute atomic E-state index is 10.4. The fourth-order valence-electron chi connectivity index (χ4n) is 0.695. The Bertz CT molecular complexity index is 119. The van der Waals surface area contributed by atoms with E-state index >= 15 is 0 Å². The molecule has 0 amide bonds. The molecule has 10 heavy (non-hydrogen) atoms. The second kappa shape index (κ2) is 4.30. The van der Waals surface area contributed by atoms with Gasteiger partial charge in [0.25, 0.3) is 8.05 Å². The van der Waals surface area contributed by atoms with Gasteiger partial charge in [0.05, 0.1) is 6.10 Å². The lowest BCUT2D eigenvalue weighted by Crippen LogP contribution is -2.43. The number of nitrogens with one attached hydrogen (secondary N) is 1. The molecule has 0 aromatic carbocycles. The van der Waals surface area contributed by atoms with E-state index in [1.807, 2.05) is 0 Å². The van der Waals surface area contributed by atoms with Gasteiger partial charge in [-0.1, -0.05) is 0 Å². The first-order chi connectivity index (χ1) is 4.63. The zero-order valence-electron chi connectivity index (χ0n) is 6.42. The molecule has 0 aromatic heterocycles. The maximum Gasteiger partial charge on any atom is 0.323 e. The standard InChI is InChI=1S/C5H12BNO3/c1-3(10-6)4(7-2)5(8)9/h3-4,7H,6H2,1-2H3,(H,8,9)/t3?,4-/m0/s1. The fraction of sp³-hybridized carbons (Fsp3) is 0.800. The molecule has 0 rings (SSSR count). The first-order valence-electron chi connectivity index (χ1n) is 3.06. The number of rotatable bonds is 4. The molecule has 0 aromatic rings. The zero-order chi connectivity index (χ0) is 8.15. The van der Waals surface area contributed by atoms with Gasteiger partial charge in [-0.2, -0.15) is 0 Å². The highest BCUT2D eigenvalue weighted by atomic mass is 16.4. The molecule has 2 N–H and O–H groups in total. The highest BCUT2D eigenvalue weighted by Gasteiger charge is 2.21. The molecule has 0 aliphatic heterocycles. The van der Waals surface area contributed by atoms with Crippen LogP contribution in [0, 0.1) is 0 Å². The second-order valence-electron chi connectivity index (χ2n) is 2.05. The summed E-state index contributed by atoms with van der Waals surface area (Å²) in [6.45, 7) is 1.70. The topological polar surface area (TPSA) is 58.6 Å². The molecule has 0 aliphatic rings. The van der Waals surface area contributed by atoms with Crippen molar-refractivity contribution in [2.24, 2.45) is 0 Å². The minimum atomic E-state index is -0.892. The number of hydrogen-bond donors (Lipinski definition) is 2. The molecule has 0 bridgehead atoms. The van der Waals surface area contributed by atoms with Crippen molar-refractivity contribution in [1.82, 2.24) is 5.32 Å². The van der Waals surface area contributed by atoms with Crippen molar-refractivity contribution in [3.8, 4) is 0 Å². The fourth-order valence-corrected chi connectivity index (χ4v) is 0.695. The molecule has 0 fully saturated rings. The lowest BCUT2D eigenvalue weighted by molar-refractivity contribution is -0.141. The zero-order valence-corrected chi connectivity index (χ0v) is 6.42. The Balaban J connectivity index is 3.92. The van der Waals surface area contributed by atoms with Gasteiger partial charge in [0.15, 0.2) is 0 Å².